The zero-order valence-corrected chi connectivity index (χ0v) is 9.24. The number of hydrogen-bond donors (Lipinski definition) is 1. The molecule has 0 unspecified atom stereocenters. The summed E-state index contributed by atoms with van der Waals surface area (Å²) >= 11 is 0. The number of carboxylic acids is 1. The Kier molecular flexibility index (Phi) is 10.9. The van der Waals surface area contributed by atoms with E-state index in [2.05, 4.69) is 0 Å². The van der Waals surface area contributed by atoms with Gasteiger partial charge in [0.2, 0.25) is 0 Å². The third-order valence-corrected chi connectivity index (χ3v) is 1.69. The van der Waals surface area contributed by atoms with E-state index >= 15 is 0 Å². The summed E-state index contributed by atoms with van der Waals surface area (Å²) in [7, 11) is 1.63. The predicted molar refractivity (Wildman–Crippen MR) is 55.0 cm³/mol. The van der Waals surface area contributed by atoms with Gasteiger partial charge in [-0.1, -0.05) is 0 Å². The minimum Gasteiger partial charge on any atom is -0.481 e. The average Bonchev–Trinajstić information content (AvgIpc) is 2.20. The minimum absolute atomic E-state index is 0.171. The summed E-state index contributed by atoms with van der Waals surface area (Å²) in [6.07, 6.45) is 1.57. The maximum Gasteiger partial charge on any atom is 0.303 e. The molecule has 0 aliphatic heterocycles. The molecular formula is C10H20O5. The highest BCUT2D eigenvalue weighted by Gasteiger charge is 1.96. The highest BCUT2D eigenvalue weighted by Crippen LogP contribution is 1.92. The van der Waals surface area contributed by atoms with Crippen molar-refractivity contribution < 1.29 is 24.1 Å². The SMILES string of the molecule is COCCOCCCOCCCC(=O)O. The topological polar surface area (TPSA) is 65.0 Å². The van der Waals surface area contributed by atoms with Gasteiger partial charge in [-0.15, -0.1) is 0 Å². The molecule has 5 heteroatoms. The number of carbonyl (C=O) groups is 1. The molecule has 90 valence electrons. The summed E-state index contributed by atoms with van der Waals surface area (Å²) < 4.78 is 15.2. The van der Waals surface area contributed by atoms with Crippen molar-refractivity contribution in [3.05, 3.63) is 0 Å². The van der Waals surface area contributed by atoms with Gasteiger partial charge in [0.05, 0.1) is 13.2 Å². The van der Waals surface area contributed by atoms with Crippen LogP contribution in [-0.2, 0) is 19.0 Å². The van der Waals surface area contributed by atoms with Gasteiger partial charge in [0.25, 0.3) is 0 Å². The van der Waals surface area contributed by atoms with Crippen molar-refractivity contribution in [3.63, 3.8) is 0 Å². The second kappa shape index (κ2) is 11.4. The van der Waals surface area contributed by atoms with Crippen molar-refractivity contribution in [1.82, 2.24) is 0 Å². The van der Waals surface area contributed by atoms with E-state index in [-0.39, 0.29) is 6.42 Å². The number of methoxy groups -OCH3 is 1. The smallest absolute Gasteiger partial charge is 0.303 e. The molecule has 0 aliphatic carbocycles. The van der Waals surface area contributed by atoms with Crippen LogP contribution in [0.1, 0.15) is 19.3 Å². The molecule has 0 heterocycles. The Balaban J connectivity index is 2.89. The Labute approximate surface area is 90.3 Å². The molecule has 0 saturated carbocycles. The lowest BCUT2D eigenvalue weighted by molar-refractivity contribution is -0.137. The quantitative estimate of drug-likeness (QED) is 0.524. The first-order chi connectivity index (χ1) is 7.27. The first kappa shape index (κ1) is 14.3. The second-order valence-corrected chi connectivity index (χ2v) is 3.07. The second-order valence-electron chi connectivity index (χ2n) is 3.07. The molecule has 0 saturated heterocycles. The Morgan fingerprint density at radius 1 is 1.00 bits per heavy atom. The average molecular weight is 220 g/mol. The van der Waals surface area contributed by atoms with E-state index < -0.39 is 5.97 Å². The fourth-order valence-corrected chi connectivity index (χ4v) is 0.935. The molecule has 0 radical (unpaired) electrons. The van der Waals surface area contributed by atoms with Crippen LogP contribution < -0.4 is 0 Å². The fourth-order valence-electron chi connectivity index (χ4n) is 0.935. The Morgan fingerprint density at radius 2 is 1.60 bits per heavy atom. The number of aliphatic carboxylic acids is 1. The lowest BCUT2D eigenvalue weighted by Gasteiger charge is -2.04. The van der Waals surface area contributed by atoms with Gasteiger partial charge in [-0.3, -0.25) is 4.79 Å². The van der Waals surface area contributed by atoms with Crippen molar-refractivity contribution in [2.45, 2.75) is 19.3 Å². The van der Waals surface area contributed by atoms with E-state index in [0.717, 1.165) is 6.42 Å². The summed E-state index contributed by atoms with van der Waals surface area (Å²) in [6.45, 7) is 2.99. The van der Waals surface area contributed by atoms with Crippen LogP contribution in [0.15, 0.2) is 0 Å². The van der Waals surface area contributed by atoms with E-state index in [0.29, 0.717) is 39.5 Å². The molecule has 0 fully saturated rings. The first-order valence-corrected chi connectivity index (χ1v) is 5.13. The summed E-state index contributed by atoms with van der Waals surface area (Å²) in [5.74, 6) is -0.776. The summed E-state index contributed by atoms with van der Waals surface area (Å²) in [4.78, 5) is 10.1. The zero-order valence-electron chi connectivity index (χ0n) is 9.24. The lowest BCUT2D eigenvalue weighted by Crippen LogP contribution is -2.06. The van der Waals surface area contributed by atoms with Crippen LogP contribution in [-0.4, -0.2) is 51.2 Å². The molecule has 0 amide bonds. The molecule has 0 bridgehead atoms. The summed E-state index contributed by atoms with van der Waals surface area (Å²) in [5.41, 5.74) is 0. The van der Waals surface area contributed by atoms with Crippen LogP contribution >= 0.6 is 0 Å². The van der Waals surface area contributed by atoms with Gasteiger partial charge < -0.3 is 19.3 Å². The standard InChI is InChI=1S/C10H20O5/c1-13-8-9-15-7-3-6-14-5-2-4-10(11)12/h2-9H2,1H3,(H,11,12). The van der Waals surface area contributed by atoms with Crippen LogP contribution in [0.5, 0.6) is 0 Å². The normalized spacial score (nSPS) is 10.5. The molecular weight excluding hydrogens is 200 g/mol. The van der Waals surface area contributed by atoms with Gasteiger partial charge in [-0.25, -0.2) is 0 Å². The lowest BCUT2D eigenvalue weighted by atomic mass is 10.3. The number of ether oxygens (including phenoxy) is 3. The van der Waals surface area contributed by atoms with E-state index in [1.165, 1.54) is 0 Å². The number of carboxylic acid groups (broad SMARTS) is 1. The third kappa shape index (κ3) is 13.3. The molecule has 0 aromatic carbocycles. The maximum absolute atomic E-state index is 10.1. The van der Waals surface area contributed by atoms with Gasteiger partial charge in [-0.2, -0.15) is 0 Å². The summed E-state index contributed by atoms with van der Waals surface area (Å²) in [6, 6.07) is 0. The van der Waals surface area contributed by atoms with Crippen LogP contribution in [0.2, 0.25) is 0 Å². The molecule has 0 aromatic heterocycles. The third-order valence-electron chi connectivity index (χ3n) is 1.69. The van der Waals surface area contributed by atoms with Gasteiger partial charge >= 0.3 is 5.97 Å². The van der Waals surface area contributed by atoms with Crippen LogP contribution in [0.25, 0.3) is 0 Å². The van der Waals surface area contributed by atoms with Crippen molar-refractivity contribution in [2.24, 2.45) is 0 Å². The maximum atomic E-state index is 10.1. The van der Waals surface area contributed by atoms with E-state index in [4.69, 9.17) is 19.3 Å². The molecule has 0 aliphatic rings. The molecule has 0 rings (SSSR count). The van der Waals surface area contributed by atoms with Crippen molar-refractivity contribution in [2.75, 3.05) is 40.1 Å². The van der Waals surface area contributed by atoms with Crippen molar-refractivity contribution in [3.8, 4) is 0 Å². The van der Waals surface area contributed by atoms with E-state index in [1.54, 1.807) is 7.11 Å². The van der Waals surface area contributed by atoms with Gasteiger partial charge in [0.15, 0.2) is 0 Å². The molecule has 0 atom stereocenters. The van der Waals surface area contributed by atoms with Crippen molar-refractivity contribution in [1.29, 1.82) is 0 Å². The largest absolute Gasteiger partial charge is 0.481 e. The highest BCUT2D eigenvalue weighted by atomic mass is 16.5. The number of hydrogen-bond acceptors (Lipinski definition) is 4. The Hall–Kier alpha value is -0.650. The predicted octanol–water partition coefficient (Wildman–Crippen LogP) is 0.921. The number of rotatable bonds is 11. The Morgan fingerprint density at radius 3 is 2.20 bits per heavy atom. The van der Waals surface area contributed by atoms with E-state index in [9.17, 15) is 4.79 Å². The summed E-state index contributed by atoms with van der Waals surface area (Å²) in [5, 5.41) is 8.35. The zero-order chi connectivity index (χ0) is 11.4. The fraction of sp³-hybridized carbons (Fsp3) is 0.900. The van der Waals surface area contributed by atoms with Gasteiger partial charge in [-0.05, 0) is 12.8 Å². The van der Waals surface area contributed by atoms with Crippen LogP contribution in [0.4, 0.5) is 0 Å². The van der Waals surface area contributed by atoms with Crippen molar-refractivity contribution >= 4 is 5.97 Å². The minimum atomic E-state index is -0.776. The first-order valence-electron chi connectivity index (χ1n) is 5.13. The molecule has 5 nitrogen and oxygen atoms in total. The highest BCUT2D eigenvalue weighted by molar-refractivity contribution is 5.66. The molecule has 0 aromatic rings. The van der Waals surface area contributed by atoms with E-state index in [1.807, 2.05) is 0 Å². The van der Waals surface area contributed by atoms with Crippen LogP contribution in [0, 0.1) is 0 Å². The van der Waals surface area contributed by atoms with Crippen LogP contribution in [0.3, 0.4) is 0 Å². The Bertz CT molecular complexity index is 149. The van der Waals surface area contributed by atoms with Gasteiger partial charge in [0, 0.05) is 33.4 Å². The van der Waals surface area contributed by atoms with Gasteiger partial charge in [0.1, 0.15) is 0 Å². The monoisotopic (exact) mass is 220 g/mol. The molecule has 15 heavy (non-hydrogen) atoms. The molecule has 0 spiro atoms. The molecule has 1 N–H and O–H groups in total.